The van der Waals surface area contributed by atoms with Gasteiger partial charge in [0.1, 0.15) is 11.4 Å². The first kappa shape index (κ1) is 20.4. The summed E-state index contributed by atoms with van der Waals surface area (Å²) < 4.78 is 16.3. The second-order valence-electron chi connectivity index (χ2n) is 8.10. The van der Waals surface area contributed by atoms with Crippen molar-refractivity contribution in [2.45, 2.75) is 45.3 Å². The number of amides is 1. The minimum Gasteiger partial charge on any atom is -0.481 e. The van der Waals surface area contributed by atoms with Crippen LogP contribution in [0.25, 0.3) is 0 Å². The third-order valence-corrected chi connectivity index (χ3v) is 4.62. The molecule has 3 rings (SSSR count). The van der Waals surface area contributed by atoms with Crippen molar-refractivity contribution in [2.24, 2.45) is 0 Å². The smallest absolute Gasteiger partial charge is 0.410 e. The molecule has 28 heavy (non-hydrogen) atoms. The van der Waals surface area contributed by atoms with Crippen LogP contribution in [0.15, 0.2) is 6.07 Å². The lowest BCUT2D eigenvalue weighted by molar-refractivity contribution is 0.0206. The van der Waals surface area contributed by atoms with Crippen LogP contribution in [0.4, 0.5) is 16.6 Å². The maximum Gasteiger partial charge on any atom is 0.410 e. The highest BCUT2D eigenvalue weighted by Crippen LogP contribution is 2.23. The lowest BCUT2D eigenvalue weighted by Gasteiger charge is -2.34. The molecule has 2 fully saturated rings. The van der Waals surface area contributed by atoms with E-state index in [1.54, 1.807) is 18.1 Å². The van der Waals surface area contributed by atoms with E-state index in [1.807, 2.05) is 20.8 Å². The average molecular weight is 393 g/mol. The lowest BCUT2D eigenvalue weighted by atomic mass is 10.1. The third-order valence-electron chi connectivity index (χ3n) is 4.62. The zero-order valence-electron chi connectivity index (χ0n) is 17.2. The van der Waals surface area contributed by atoms with Crippen molar-refractivity contribution in [3.8, 4) is 5.88 Å². The molecule has 0 aromatic carbocycles. The fourth-order valence-electron chi connectivity index (χ4n) is 3.29. The number of rotatable bonds is 4. The van der Waals surface area contributed by atoms with Gasteiger partial charge in [-0.2, -0.15) is 9.97 Å². The Hall–Kier alpha value is -2.29. The van der Waals surface area contributed by atoms with Crippen molar-refractivity contribution in [1.82, 2.24) is 14.9 Å². The zero-order chi connectivity index (χ0) is 20.1. The Morgan fingerprint density at radius 2 is 2.00 bits per heavy atom. The molecule has 2 aliphatic heterocycles. The molecular weight excluding hydrogens is 362 g/mol. The highest BCUT2D eigenvalue weighted by atomic mass is 16.6. The number of hydrogen-bond acceptors (Lipinski definition) is 8. The van der Waals surface area contributed by atoms with Crippen LogP contribution in [0.2, 0.25) is 0 Å². The summed E-state index contributed by atoms with van der Waals surface area (Å²) in [6.45, 7) is 9.76. The molecule has 9 nitrogen and oxygen atoms in total. The van der Waals surface area contributed by atoms with Crippen molar-refractivity contribution in [3.05, 3.63) is 6.07 Å². The topological polar surface area (TPSA) is 89.0 Å². The van der Waals surface area contributed by atoms with Gasteiger partial charge in [0.15, 0.2) is 0 Å². The van der Waals surface area contributed by atoms with Gasteiger partial charge in [-0.25, -0.2) is 4.79 Å². The van der Waals surface area contributed by atoms with E-state index in [0.29, 0.717) is 43.9 Å². The zero-order valence-corrected chi connectivity index (χ0v) is 17.2. The summed E-state index contributed by atoms with van der Waals surface area (Å²) in [5.41, 5.74) is -0.496. The number of aromatic nitrogens is 2. The molecular formula is C19H31N5O4. The normalized spacial score (nSPS) is 20.6. The molecule has 1 aromatic rings. The number of likely N-dealkylation sites (tertiary alicyclic amines) is 1. The number of ether oxygens (including phenoxy) is 3. The van der Waals surface area contributed by atoms with Crippen molar-refractivity contribution < 1.29 is 19.0 Å². The molecule has 0 spiro atoms. The number of nitrogens with zero attached hydrogens (tertiary/aromatic N) is 4. The Balaban J connectivity index is 1.67. The highest BCUT2D eigenvalue weighted by Gasteiger charge is 2.28. The van der Waals surface area contributed by atoms with Gasteiger partial charge in [0.25, 0.3) is 0 Å². The van der Waals surface area contributed by atoms with Crippen LogP contribution in [-0.2, 0) is 9.47 Å². The predicted octanol–water partition coefficient (Wildman–Crippen LogP) is 2.13. The van der Waals surface area contributed by atoms with E-state index in [0.717, 1.165) is 25.9 Å². The number of carbonyl (C=O) groups excluding carboxylic acids is 1. The van der Waals surface area contributed by atoms with Crippen LogP contribution < -0.4 is 15.0 Å². The van der Waals surface area contributed by atoms with E-state index in [9.17, 15) is 4.79 Å². The first-order valence-electron chi connectivity index (χ1n) is 9.84. The second-order valence-corrected chi connectivity index (χ2v) is 8.10. The van der Waals surface area contributed by atoms with Gasteiger partial charge in [0.2, 0.25) is 11.8 Å². The van der Waals surface area contributed by atoms with Gasteiger partial charge in [-0.3, -0.25) is 0 Å². The van der Waals surface area contributed by atoms with Gasteiger partial charge in [0.05, 0.1) is 20.3 Å². The molecule has 0 aliphatic carbocycles. The largest absolute Gasteiger partial charge is 0.481 e. The molecule has 0 saturated carbocycles. The number of methoxy groups -OCH3 is 1. The Morgan fingerprint density at radius 1 is 1.25 bits per heavy atom. The number of hydrogen-bond donors (Lipinski definition) is 1. The van der Waals surface area contributed by atoms with Gasteiger partial charge >= 0.3 is 6.09 Å². The maximum absolute atomic E-state index is 12.4. The summed E-state index contributed by atoms with van der Waals surface area (Å²) in [5, 5.41) is 3.44. The molecule has 1 N–H and O–H groups in total. The number of anilines is 2. The summed E-state index contributed by atoms with van der Waals surface area (Å²) in [6, 6.07) is 1.88. The Labute approximate surface area is 166 Å². The highest BCUT2D eigenvalue weighted by molar-refractivity contribution is 5.68. The minimum absolute atomic E-state index is 0.0958. The van der Waals surface area contributed by atoms with Gasteiger partial charge in [-0.1, -0.05) is 0 Å². The Bertz CT molecular complexity index is 673. The average Bonchev–Trinajstić information content (AvgIpc) is 2.67. The number of piperidine rings is 1. The van der Waals surface area contributed by atoms with Crippen LogP contribution in [0, 0.1) is 0 Å². The molecule has 1 aromatic heterocycles. The predicted molar refractivity (Wildman–Crippen MR) is 106 cm³/mol. The minimum atomic E-state index is -0.496. The molecule has 0 bridgehead atoms. The molecule has 0 unspecified atom stereocenters. The van der Waals surface area contributed by atoms with Crippen LogP contribution in [0.1, 0.15) is 33.6 Å². The van der Waals surface area contributed by atoms with Gasteiger partial charge in [-0.05, 0) is 33.6 Å². The molecule has 156 valence electrons. The summed E-state index contributed by atoms with van der Waals surface area (Å²) in [6.07, 6.45) is 1.60. The summed E-state index contributed by atoms with van der Waals surface area (Å²) >= 11 is 0. The summed E-state index contributed by atoms with van der Waals surface area (Å²) in [4.78, 5) is 25.4. The molecule has 2 saturated heterocycles. The molecule has 1 atom stereocenters. The van der Waals surface area contributed by atoms with Crippen LogP contribution in [-0.4, -0.2) is 79.1 Å². The van der Waals surface area contributed by atoms with Crippen LogP contribution in [0.3, 0.4) is 0 Å². The fraction of sp³-hybridized carbons (Fsp3) is 0.737. The molecule has 3 heterocycles. The van der Waals surface area contributed by atoms with Crippen molar-refractivity contribution in [1.29, 1.82) is 0 Å². The van der Waals surface area contributed by atoms with Gasteiger partial charge in [0, 0.05) is 38.3 Å². The van der Waals surface area contributed by atoms with E-state index in [-0.39, 0.29) is 12.1 Å². The Morgan fingerprint density at radius 3 is 2.68 bits per heavy atom. The molecule has 9 heteroatoms. The summed E-state index contributed by atoms with van der Waals surface area (Å²) in [5.74, 6) is 1.84. The number of nitrogens with one attached hydrogen (secondary N) is 1. The van der Waals surface area contributed by atoms with E-state index < -0.39 is 5.60 Å². The molecule has 2 aliphatic rings. The van der Waals surface area contributed by atoms with Gasteiger partial charge in [-0.15, -0.1) is 0 Å². The van der Waals surface area contributed by atoms with Crippen molar-refractivity contribution in [3.63, 3.8) is 0 Å². The lowest BCUT2D eigenvalue weighted by Crippen LogP contribution is -2.47. The molecule has 0 radical (unpaired) electrons. The first-order chi connectivity index (χ1) is 13.3. The Kier molecular flexibility index (Phi) is 6.43. The van der Waals surface area contributed by atoms with E-state index in [1.165, 1.54) is 0 Å². The van der Waals surface area contributed by atoms with E-state index in [4.69, 9.17) is 14.2 Å². The fourth-order valence-corrected chi connectivity index (χ4v) is 3.29. The monoisotopic (exact) mass is 393 g/mol. The van der Waals surface area contributed by atoms with Crippen LogP contribution >= 0.6 is 0 Å². The summed E-state index contributed by atoms with van der Waals surface area (Å²) in [7, 11) is 1.60. The SMILES string of the molecule is COc1cc(N[C@@H]2CCCN(C(=O)OC(C)(C)C)C2)nc(N2CCOCC2)n1. The maximum atomic E-state index is 12.4. The van der Waals surface area contributed by atoms with Crippen LogP contribution in [0.5, 0.6) is 5.88 Å². The second kappa shape index (κ2) is 8.81. The standard InChI is InChI=1S/C19H31N5O4/c1-19(2,3)28-18(25)24-7-5-6-14(13-24)20-15-12-16(26-4)22-17(21-15)23-8-10-27-11-9-23/h12,14H,5-11,13H2,1-4H3,(H,20,21,22)/t14-/m1/s1. The van der Waals surface area contributed by atoms with E-state index >= 15 is 0 Å². The molecule has 1 amide bonds. The van der Waals surface area contributed by atoms with Crippen molar-refractivity contribution >= 4 is 17.9 Å². The number of carbonyl (C=O) groups is 1. The van der Waals surface area contributed by atoms with Gasteiger partial charge < -0.3 is 29.3 Å². The van der Waals surface area contributed by atoms with E-state index in [2.05, 4.69) is 20.2 Å². The first-order valence-corrected chi connectivity index (χ1v) is 9.84. The number of morpholine rings is 1. The third kappa shape index (κ3) is 5.60. The van der Waals surface area contributed by atoms with Crippen molar-refractivity contribution in [2.75, 3.05) is 56.7 Å². The quantitative estimate of drug-likeness (QED) is 0.832.